The van der Waals surface area contributed by atoms with Crippen LogP contribution in [0.25, 0.3) is 10.4 Å². The SMILES string of the molecule is Nc1nc(C(=NOC(c2ccccc2)(c2ccccc2)c2ccccc2)C(=O)NC2C(=O)N3C(C(=O)[O-])=C(COc4cccc(F)c4)CS[C@@H]23)c(-c2ccccc2C(c2ccccc2)c2ccccc2)s1.[Na+]. The monoisotopic (exact) mass is 999 g/mol. The number of aromatic nitrogens is 1. The van der Waals surface area contributed by atoms with Gasteiger partial charge in [-0.05, 0) is 34.4 Å². The zero-order chi connectivity index (χ0) is 48.9. The van der Waals surface area contributed by atoms with Crippen LogP contribution in [0, 0.1) is 5.82 Å². The minimum Gasteiger partial charge on any atom is -0.543 e. The molecule has 2 amide bonds. The van der Waals surface area contributed by atoms with Crippen LogP contribution in [-0.4, -0.2) is 57.2 Å². The van der Waals surface area contributed by atoms with Gasteiger partial charge in [-0.1, -0.05) is 198 Å². The molecule has 11 nitrogen and oxygen atoms in total. The van der Waals surface area contributed by atoms with Crippen molar-refractivity contribution < 1.29 is 63.0 Å². The summed E-state index contributed by atoms with van der Waals surface area (Å²) in [5.74, 6) is -3.58. The Morgan fingerprint density at radius 1 is 0.778 bits per heavy atom. The van der Waals surface area contributed by atoms with E-state index in [2.05, 4.69) is 29.6 Å². The molecule has 0 bridgehead atoms. The number of anilines is 1. The van der Waals surface area contributed by atoms with Gasteiger partial charge in [0.05, 0.1) is 16.5 Å². The first kappa shape index (κ1) is 49.6. The average Bonchev–Trinajstić information content (AvgIpc) is 3.80. The molecule has 0 saturated carbocycles. The number of β-lactam (4-membered cyclic amide) rings is 1. The number of fused-ring (bicyclic) bond motifs is 1. The van der Waals surface area contributed by atoms with Crippen molar-refractivity contribution in [3.05, 3.63) is 256 Å². The van der Waals surface area contributed by atoms with E-state index in [0.29, 0.717) is 21.6 Å². The van der Waals surface area contributed by atoms with Gasteiger partial charge in [0.15, 0.2) is 10.8 Å². The molecule has 0 radical (unpaired) electrons. The number of oxime groups is 1. The number of carbonyl (C=O) groups is 3. The number of halogens is 1. The normalized spacial score (nSPS) is 15.5. The van der Waals surface area contributed by atoms with Crippen molar-refractivity contribution in [3.8, 4) is 16.2 Å². The second kappa shape index (κ2) is 22.0. The molecule has 10 rings (SSSR count). The number of thioether (sulfide) groups is 1. The minimum atomic E-state index is -1.59. The fourth-order valence-corrected chi connectivity index (χ4v) is 11.4. The number of nitrogens with zero attached hydrogens (tertiary/aromatic N) is 3. The smallest absolute Gasteiger partial charge is 0.543 e. The molecule has 72 heavy (non-hydrogen) atoms. The molecule has 15 heteroatoms. The van der Waals surface area contributed by atoms with Crippen LogP contribution in [0.4, 0.5) is 9.52 Å². The Bertz CT molecular complexity index is 3160. The van der Waals surface area contributed by atoms with Gasteiger partial charge in [0, 0.05) is 40.0 Å². The fourth-order valence-electron chi connectivity index (χ4n) is 9.18. The number of hydrogen-bond acceptors (Lipinski definition) is 11. The topological polar surface area (TPSA) is 159 Å². The van der Waals surface area contributed by atoms with E-state index in [-0.39, 0.29) is 81.4 Å². The largest absolute Gasteiger partial charge is 1.00 e. The molecule has 2 atom stereocenters. The van der Waals surface area contributed by atoms with Crippen LogP contribution in [-0.2, 0) is 24.8 Å². The number of benzene rings is 7. The molecule has 8 aromatic rings. The molecule has 2 aliphatic rings. The van der Waals surface area contributed by atoms with Crippen LogP contribution < -0.4 is 50.5 Å². The van der Waals surface area contributed by atoms with Gasteiger partial charge in [-0.15, -0.1) is 11.8 Å². The number of aliphatic carboxylic acids is 1. The first-order chi connectivity index (χ1) is 34.7. The summed E-state index contributed by atoms with van der Waals surface area (Å²) >= 11 is 2.42. The molecule has 3 N–H and O–H groups in total. The zero-order valence-electron chi connectivity index (χ0n) is 38.8. The molecule has 352 valence electrons. The third-order valence-corrected chi connectivity index (χ3v) is 14.7. The molecule has 7 aromatic carbocycles. The van der Waals surface area contributed by atoms with Gasteiger partial charge in [0.2, 0.25) is 5.60 Å². The summed E-state index contributed by atoms with van der Waals surface area (Å²) in [6.45, 7) is -0.238. The molecule has 0 spiro atoms. The molecule has 1 unspecified atom stereocenters. The summed E-state index contributed by atoms with van der Waals surface area (Å²) in [6, 6.07) is 60.9. The van der Waals surface area contributed by atoms with Crippen molar-refractivity contribution in [2.45, 2.75) is 22.9 Å². The maximum absolute atomic E-state index is 15.3. The first-order valence-corrected chi connectivity index (χ1v) is 24.5. The first-order valence-electron chi connectivity index (χ1n) is 22.7. The molecule has 1 aromatic heterocycles. The Morgan fingerprint density at radius 2 is 1.32 bits per heavy atom. The molecule has 1 fully saturated rings. The number of ether oxygens (including phenoxy) is 1. The zero-order valence-corrected chi connectivity index (χ0v) is 42.4. The number of carboxylic acid groups (broad SMARTS) is 1. The standard InChI is InChI=1S/C57H44FN5O6S2.Na/c58-42-29-18-30-43(33-42)68-34-38-35-70-54-49(53(65)63(54)50(38)55(66)67)60-52(64)48(62-69-57(39-23-10-3-11-24-39,40-25-12-4-13-26-40)41-27-14-5-15-28-41)47-51(71-56(59)61-47)45-32-17-16-31-44(45)46(36-19-6-1-7-20-36)37-21-8-2-9-22-37;/h1-33,46,49,54H,34-35H2,(H2,59,61)(H,60,64)(H,66,67);/q;+1/p-1/t49?,54-;/m0./s1. The number of hydrogen-bond donors (Lipinski definition) is 2. The van der Waals surface area contributed by atoms with E-state index in [1.54, 1.807) is 6.07 Å². The van der Waals surface area contributed by atoms with Crippen LogP contribution in [0.15, 0.2) is 217 Å². The number of rotatable bonds is 16. The van der Waals surface area contributed by atoms with Gasteiger partial charge >= 0.3 is 29.6 Å². The van der Waals surface area contributed by atoms with Gasteiger partial charge in [0.1, 0.15) is 35.3 Å². The molecular formula is C57H43FN5NaO6S2. The van der Waals surface area contributed by atoms with Crippen LogP contribution >= 0.6 is 23.1 Å². The second-order valence-electron chi connectivity index (χ2n) is 16.7. The number of nitrogens with one attached hydrogen (secondary N) is 1. The van der Waals surface area contributed by atoms with Crippen LogP contribution in [0.2, 0.25) is 0 Å². The van der Waals surface area contributed by atoms with Crippen molar-refractivity contribution in [1.29, 1.82) is 0 Å². The maximum Gasteiger partial charge on any atom is 1.00 e. The number of nitrogen functional groups attached to an aromatic ring is 1. The summed E-state index contributed by atoms with van der Waals surface area (Å²) < 4.78 is 19.7. The Hall–Kier alpha value is -7.33. The van der Waals surface area contributed by atoms with Gasteiger partial charge in [-0.3, -0.25) is 14.5 Å². The number of thiazole rings is 1. The van der Waals surface area contributed by atoms with E-state index in [1.165, 1.54) is 41.3 Å². The van der Waals surface area contributed by atoms with Crippen molar-refractivity contribution in [2.24, 2.45) is 5.16 Å². The van der Waals surface area contributed by atoms with E-state index in [4.69, 9.17) is 25.4 Å². The third-order valence-electron chi connectivity index (χ3n) is 12.4. The predicted molar refractivity (Wildman–Crippen MR) is 272 cm³/mol. The van der Waals surface area contributed by atoms with Crippen molar-refractivity contribution in [1.82, 2.24) is 15.2 Å². The Labute approximate surface area is 445 Å². The minimum absolute atomic E-state index is 0. The van der Waals surface area contributed by atoms with Crippen LogP contribution in [0.3, 0.4) is 0 Å². The Kier molecular flexibility index (Phi) is 15.2. The van der Waals surface area contributed by atoms with Gasteiger partial charge in [0.25, 0.3) is 11.8 Å². The van der Waals surface area contributed by atoms with E-state index in [1.807, 2.05) is 152 Å². The van der Waals surface area contributed by atoms with Gasteiger partial charge in [-0.2, -0.15) is 0 Å². The van der Waals surface area contributed by atoms with Gasteiger partial charge < -0.3 is 30.5 Å². The van der Waals surface area contributed by atoms with Crippen LogP contribution in [0.5, 0.6) is 5.75 Å². The fraction of sp³-hybridized carbons (Fsp3) is 0.105. The Balaban J connectivity index is 0.00000640. The van der Waals surface area contributed by atoms with E-state index in [9.17, 15) is 19.1 Å². The molecule has 0 aliphatic carbocycles. The van der Waals surface area contributed by atoms with E-state index < -0.39 is 40.6 Å². The average molecular weight is 1000 g/mol. The van der Waals surface area contributed by atoms with Crippen LogP contribution in [0.1, 0.15) is 45.0 Å². The Morgan fingerprint density at radius 3 is 1.88 bits per heavy atom. The summed E-state index contributed by atoms with van der Waals surface area (Å²) in [5, 5.41) is 19.8. The number of carboxylic acids is 1. The van der Waals surface area contributed by atoms with E-state index in [0.717, 1.165) is 27.2 Å². The summed E-state index contributed by atoms with van der Waals surface area (Å²) in [5.41, 5.74) is 10.8. The predicted octanol–water partition coefficient (Wildman–Crippen LogP) is 5.91. The molecule has 1 saturated heterocycles. The van der Waals surface area contributed by atoms with Gasteiger partial charge in [-0.25, -0.2) is 9.37 Å². The van der Waals surface area contributed by atoms with Crippen molar-refractivity contribution in [3.63, 3.8) is 0 Å². The summed E-state index contributed by atoms with van der Waals surface area (Å²) in [7, 11) is 0. The number of nitrogens with two attached hydrogens (primary N) is 1. The third kappa shape index (κ3) is 9.84. The summed E-state index contributed by atoms with van der Waals surface area (Å²) in [4.78, 5) is 55.7. The van der Waals surface area contributed by atoms with E-state index >= 15 is 4.79 Å². The number of amides is 2. The second-order valence-corrected chi connectivity index (χ2v) is 18.9. The molecular weight excluding hydrogens is 957 g/mol. The van der Waals surface area contributed by atoms with Crippen molar-refractivity contribution in [2.75, 3.05) is 18.1 Å². The quantitative estimate of drug-likeness (QED) is 0.0395. The molecule has 2 aliphatic heterocycles. The molecule has 3 heterocycles. The summed E-state index contributed by atoms with van der Waals surface area (Å²) in [6.07, 6.45) is 0. The van der Waals surface area contributed by atoms with Crippen molar-refractivity contribution >= 4 is 51.7 Å². The number of carbonyl (C=O) groups excluding carboxylic acids is 3. The maximum atomic E-state index is 15.3.